The second kappa shape index (κ2) is 7.91. The molecule has 1 heterocycles. The SMILES string of the molecule is CC(C)(C)OC(=O)NC(=O)c1cc(-c2ccccc2)cc2c1[N+](C(=O)O)(C(C)(C)C)C=C2. The fourth-order valence-electron chi connectivity index (χ4n) is 3.88. The van der Waals surface area contributed by atoms with Crippen LogP contribution in [0, 0.1) is 0 Å². The summed E-state index contributed by atoms with van der Waals surface area (Å²) >= 11 is 0. The first-order chi connectivity index (χ1) is 14.8. The van der Waals surface area contributed by atoms with E-state index in [4.69, 9.17) is 4.74 Å². The van der Waals surface area contributed by atoms with Gasteiger partial charge in [0.05, 0.1) is 0 Å². The van der Waals surface area contributed by atoms with E-state index < -0.39 is 33.7 Å². The van der Waals surface area contributed by atoms with Crippen LogP contribution in [0.15, 0.2) is 48.7 Å². The van der Waals surface area contributed by atoms with Crippen LogP contribution in [-0.2, 0) is 4.74 Å². The minimum Gasteiger partial charge on any atom is -0.444 e. The zero-order valence-corrected chi connectivity index (χ0v) is 19.2. The van der Waals surface area contributed by atoms with Crippen molar-refractivity contribution in [2.75, 3.05) is 0 Å². The van der Waals surface area contributed by atoms with Crippen LogP contribution in [0.2, 0.25) is 0 Å². The number of imide groups is 1. The van der Waals surface area contributed by atoms with Crippen molar-refractivity contribution in [3.05, 3.63) is 59.8 Å². The lowest BCUT2D eigenvalue weighted by molar-refractivity contribution is 0.0508. The van der Waals surface area contributed by atoms with E-state index >= 15 is 0 Å². The molecular formula is C25H29N2O5+. The Kier molecular flexibility index (Phi) is 5.74. The molecule has 0 aromatic heterocycles. The average molecular weight is 438 g/mol. The van der Waals surface area contributed by atoms with Crippen molar-refractivity contribution >= 4 is 29.9 Å². The van der Waals surface area contributed by atoms with Gasteiger partial charge in [-0.05, 0) is 64.8 Å². The van der Waals surface area contributed by atoms with Crippen molar-refractivity contribution in [2.24, 2.45) is 0 Å². The number of quaternary nitrogens is 1. The van der Waals surface area contributed by atoms with E-state index in [-0.39, 0.29) is 5.56 Å². The highest BCUT2D eigenvalue weighted by atomic mass is 16.6. The normalized spacial score (nSPS) is 17.6. The number of carbonyl (C=O) groups is 3. The summed E-state index contributed by atoms with van der Waals surface area (Å²) in [4.78, 5) is 38.1. The highest BCUT2D eigenvalue weighted by Crippen LogP contribution is 2.46. The fourth-order valence-corrected chi connectivity index (χ4v) is 3.88. The first-order valence-electron chi connectivity index (χ1n) is 10.4. The van der Waals surface area contributed by atoms with Crippen LogP contribution in [0.3, 0.4) is 0 Å². The smallest absolute Gasteiger partial charge is 0.444 e. The van der Waals surface area contributed by atoms with Gasteiger partial charge in [-0.15, -0.1) is 0 Å². The summed E-state index contributed by atoms with van der Waals surface area (Å²) in [5.74, 6) is -0.718. The first kappa shape index (κ1) is 23.2. The largest absolute Gasteiger partial charge is 0.523 e. The van der Waals surface area contributed by atoms with Crippen molar-refractivity contribution in [3.63, 3.8) is 0 Å². The fraction of sp³-hybridized carbons (Fsp3) is 0.320. The molecule has 1 atom stereocenters. The molecule has 0 aliphatic carbocycles. The number of benzene rings is 2. The van der Waals surface area contributed by atoms with Gasteiger partial charge >= 0.3 is 12.2 Å². The predicted molar refractivity (Wildman–Crippen MR) is 124 cm³/mol. The van der Waals surface area contributed by atoms with Crippen molar-refractivity contribution in [1.29, 1.82) is 0 Å². The number of carbonyl (C=O) groups excluding carboxylic acids is 2. The van der Waals surface area contributed by atoms with Gasteiger partial charge in [0.2, 0.25) is 0 Å². The van der Waals surface area contributed by atoms with Crippen LogP contribution in [0.5, 0.6) is 0 Å². The Labute approximate surface area is 187 Å². The second-order valence-corrected chi connectivity index (χ2v) is 9.78. The highest BCUT2D eigenvalue weighted by Gasteiger charge is 2.54. The van der Waals surface area contributed by atoms with Gasteiger partial charge in [-0.1, -0.05) is 30.3 Å². The van der Waals surface area contributed by atoms with Crippen LogP contribution in [0.25, 0.3) is 17.2 Å². The van der Waals surface area contributed by atoms with Crippen LogP contribution in [-0.4, -0.2) is 34.3 Å². The molecular weight excluding hydrogens is 408 g/mol. The zero-order chi connectivity index (χ0) is 23.9. The third-order valence-corrected chi connectivity index (χ3v) is 5.30. The van der Waals surface area contributed by atoms with E-state index in [1.807, 2.05) is 36.4 Å². The number of nitrogens with one attached hydrogen (secondary N) is 1. The molecule has 2 N–H and O–H groups in total. The van der Waals surface area contributed by atoms with Gasteiger partial charge in [-0.2, -0.15) is 9.28 Å². The molecule has 7 nitrogen and oxygen atoms in total. The van der Waals surface area contributed by atoms with Crippen molar-refractivity contribution in [2.45, 2.75) is 52.7 Å². The molecule has 168 valence electrons. The molecule has 0 saturated carbocycles. The number of ether oxygens (including phenoxy) is 1. The third-order valence-electron chi connectivity index (χ3n) is 5.30. The molecule has 1 aliphatic rings. The number of nitrogens with zero attached hydrogens (tertiary/aromatic N) is 1. The molecule has 0 fully saturated rings. The second-order valence-electron chi connectivity index (χ2n) is 9.78. The zero-order valence-electron chi connectivity index (χ0n) is 19.2. The molecule has 3 rings (SSSR count). The maximum Gasteiger partial charge on any atom is 0.523 e. The van der Waals surface area contributed by atoms with E-state index in [0.29, 0.717) is 11.3 Å². The minimum atomic E-state index is -1.12. The third kappa shape index (κ3) is 4.16. The summed E-state index contributed by atoms with van der Waals surface area (Å²) in [5, 5.41) is 12.5. The van der Waals surface area contributed by atoms with E-state index in [1.165, 1.54) is 0 Å². The Morgan fingerprint density at radius 2 is 1.56 bits per heavy atom. The summed E-state index contributed by atoms with van der Waals surface area (Å²) in [6.45, 7) is 10.5. The van der Waals surface area contributed by atoms with E-state index in [2.05, 4.69) is 5.32 Å². The van der Waals surface area contributed by atoms with E-state index in [0.717, 1.165) is 11.1 Å². The summed E-state index contributed by atoms with van der Waals surface area (Å²) in [5.41, 5.74) is 1.04. The molecule has 3 amide bonds. The van der Waals surface area contributed by atoms with Gasteiger partial charge in [0.1, 0.15) is 22.9 Å². The number of amides is 3. The van der Waals surface area contributed by atoms with Gasteiger partial charge in [0, 0.05) is 11.6 Å². The Bertz CT molecular complexity index is 1110. The summed E-state index contributed by atoms with van der Waals surface area (Å²) in [6, 6.07) is 12.9. The quantitative estimate of drug-likeness (QED) is 0.581. The lowest BCUT2D eigenvalue weighted by Crippen LogP contribution is -2.60. The highest BCUT2D eigenvalue weighted by molar-refractivity contribution is 6.11. The van der Waals surface area contributed by atoms with Gasteiger partial charge in [-0.3, -0.25) is 10.1 Å². The van der Waals surface area contributed by atoms with Crippen LogP contribution in [0.1, 0.15) is 57.5 Å². The van der Waals surface area contributed by atoms with Crippen LogP contribution in [0.4, 0.5) is 15.3 Å². The van der Waals surface area contributed by atoms with E-state index in [1.54, 1.807) is 59.9 Å². The number of hydrogen-bond donors (Lipinski definition) is 2. The Morgan fingerprint density at radius 3 is 2.09 bits per heavy atom. The first-order valence-corrected chi connectivity index (χ1v) is 10.4. The molecule has 0 spiro atoms. The summed E-state index contributed by atoms with van der Waals surface area (Å²) in [7, 11) is 0. The van der Waals surface area contributed by atoms with Crippen LogP contribution >= 0.6 is 0 Å². The van der Waals surface area contributed by atoms with Gasteiger partial charge in [0.15, 0.2) is 5.69 Å². The lowest BCUT2D eigenvalue weighted by atomic mass is 9.94. The Hall–Kier alpha value is -3.45. The molecule has 0 radical (unpaired) electrons. The number of alkyl carbamates (subject to hydrolysis) is 1. The van der Waals surface area contributed by atoms with Crippen molar-refractivity contribution < 1.29 is 24.2 Å². The van der Waals surface area contributed by atoms with Gasteiger partial charge in [-0.25, -0.2) is 4.79 Å². The molecule has 1 aliphatic heterocycles. The number of carboxylic acid groups (broad SMARTS) is 1. The molecule has 0 saturated heterocycles. The Balaban J connectivity index is 2.21. The maximum absolute atomic E-state index is 13.3. The standard InChI is InChI=1S/C25H28N2O5/c1-24(2,3)27(23(30)31)13-12-17-14-18(16-10-8-7-9-11-16)15-19(20(17)27)21(28)26-22(29)32-25(4,5)6/h7-15H,1-6H3,(H-,26,28,29,30,31)/p+1. The number of hydrogen-bond acceptors (Lipinski definition) is 4. The van der Waals surface area contributed by atoms with Crippen LogP contribution < -0.4 is 9.80 Å². The van der Waals surface area contributed by atoms with Gasteiger partial charge in [0.25, 0.3) is 5.91 Å². The molecule has 7 heteroatoms. The Morgan fingerprint density at radius 1 is 0.938 bits per heavy atom. The van der Waals surface area contributed by atoms with Crippen molar-refractivity contribution in [3.8, 4) is 11.1 Å². The molecule has 2 aromatic rings. The molecule has 0 bridgehead atoms. The topological polar surface area (TPSA) is 92.7 Å². The molecule has 1 unspecified atom stereocenters. The number of rotatable bonds is 2. The summed E-state index contributed by atoms with van der Waals surface area (Å²) < 4.78 is 4.65. The van der Waals surface area contributed by atoms with E-state index in [9.17, 15) is 19.5 Å². The van der Waals surface area contributed by atoms with Crippen molar-refractivity contribution in [1.82, 2.24) is 9.80 Å². The summed E-state index contributed by atoms with van der Waals surface area (Å²) in [6.07, 6.45) is 1.28. The maximum atomic E-state index is 13.3. The monoisotopic (exact) mass is 437 g/mol. The lowest BCUT2D eigenvalue weighted by Gasteiger charge is -2.39. The average Bonchev–Trinajstić information content (AvgIpc) is 3.07. The molecule has 32 heavy (non-hydrogen) atoms. The molecule has 2 aromatic carbocycles. The number of fused-ring (bicyclic) bond motifs is 1. The predicted octanol–water partition coefficient (Wildman–Crippen LogP) is 5.79. The van der Waals surface area contributed by atoms with Gasteiger partial charge < -0.3 is 9.84 Å². The minimum absolute atomic E-state index is 0.106.